The SMILES string of the molecule is CCCCOc1ccc(/C=C/C(=O)N(CCOC)c2c(N)n(CC(C)C)c(=O)[nH]c2=O)cc1OC. The van der Waals surface area contributed by atoms with Gasteiger partial charge < -0.3 is 19.9 Å². The van der Waals surface area contributed by atoms with Crippen LogP contribution in [0.15, 0.2) is 33.9 Å². The Balaban J connectivity index is 2.38. The second-order valence-electron chi connectivity index (χ2n) is 8.43. The molecule has 0 unspecified atom stereocenters. The number of benzene rings is 1. The maximum atomic E-state index is 13.2. The minimum Gasteiger partial charge on any atom is -0.493 e. The van der Waals surface area contributed by atoms with Crippen molar-refractivity contribution < 1.29 is 19.0 Å². The number of nitrogens with one attached hydrogen (secondary N) is 1. The van der Waals surface area contributed by atoms with E-state index in [1.807, 2.05) is 13.8 Å². The molecule has 0 saturated carbocycles. The number of anilines is 2. The standard InChI is InChI=1S/C25H36N4O6/c1-6-7-13-35-19-10-8-18(15-20(19)34-5)9-11-21(30)28(12-14-33-4)22-23(26)29(16-17(2)3)25(32)27-24(22)31/h8-11,15,17H,6-7,12-14,16,26H2,1-5H3,(H,27,31,32)/b11-9+. The van der Waals surface area contributed by atoms with Crippen molar-refractivity contribution in [1.82, 2.24) is 9.55 Å². The second-order valence-corrected chi connectivity index (χ2v) is 8.43. The van der Waals surface area contributed by atoms with E-state index in [0.717, 1.165) is 12.8 Å². The highest BCUT2D eigenvalue weighted by molar-refractivity contribution is 6.05. The molecule has 0 fully saturated rings. The monoisotopic (exact) mass is 488 g/mol. The third-order valence-electron chi connectivity index (χ3n) is 5.18. The number of aromatic nitrogens is 2. The number of aromatic amines is 1. The van der Waals surface area contributed by atoms with Gasteiger partial charge in [0.2, 0.25) is 0 Å². The summed E-state index contributed by atoms with van der Waals surface area (Å²) in [5.74, 6) is 0.712. The van der Waals surface area contributed by atoms with Gasteiger partial charge in [0.05, 0.1) is 20.3 Å². The first kappa shape index (κ1) is 27.7. The molecule has 35 heavy (non-hydrogen) atoms. The van der Waals surface area contributed by atoms with E-state index < -0.39 is 17.2 Å². The number of hydrogen-bond acceptors (Lipinski definition) is 7. The Hall–Kier alpha value is -3.53. The largest absolute Gasteiger partial charge is 0.493 e. The molecule has 0 aliphatic carbocycles. The average Bonchev–Trinajstić information content (AvgIpc) is 2.82. The fourth-order valence-corrected chi connectivity index (χ4v) is 3.39. The molecular weight excluding hydrogens is 452 g/mol. The van der Waals surface area contributed by atoms with Gasteiger partial charge in [-0.15, -0.1) is 0 Å². The molecule has 1 heterocycles. The number of carbonyl (C=O) groups excluding carboxylic acids is 1. The van der Waals surface area contributed by atoms with Gasteiger partial charge in [0.15, 0.2) is 17.2 Å². The molecule has 1 aromatic carbocycles. The molecule has 0 aliphatic rings. The summed E-state index contributed by atoms with van der Waals surface area (Å²) in [6.07, 6.45) is 4.89. The quantitative estimate of drug-likeness (QED) is 0.328. The van der Waals surface area contributed by atoms with E-state index in [-0.39, 0.29) is 30.6 Å². The van der Waals surface area contributed by atoms with Crippen molar-refractivity contribution in [2.45, 2.75) is 40.2 Å². The van der Waals surface area contributed by atoms with Gasteiger partial charge in [-0.25, -0.2) is 4.79 Å². The fourth-order valence-electron chi connectivity index (χ4n) is 3.39. The van der Waals surface area contributed by atoms with Crippen molar-refractivity contribution in [3.8, 4) is 11.5 Å². The lowest BCUT2D eigenvalue weighted by molar-refractivity contribution is -0.114. The van der Waals surface area contributed by atoms with Crippen LogP contribution in [0.4, 0.5) is 11.5 Å². The predicted molar refractivity (Wildman–Crippen MR) is 137 cm³/mol. The van der Waals surface area contributed by atoms with Crippen LogP contribution in [-0.2, 0) is 16.1 Å². The van der Waals surface area contributed by atoms with Crippen molar-refractivity contribution in [3.63, 3.8) is 0 Å². The molecule has 0 aliphatic heterocycles. The topological polar surface area (TPSA) is 129 Å². The first-order chi connectivity index (χ1) is 16.7. The van der Waals surface area contributed by atoms with E-state index in [1.54, 1.807) is 31.4 Å². The lowest BCUT2D eigenvalue weighted by Crippen LogP contribution is -2.42. The average molecular weight is 489 g/mol. The molecule has 2 aromatic rings. The summed E-state index contributed by atoms with van der Waals surface area (Å²) in [6, 6.07) is 5.34. The molecule has 192 valence electrons. The number of rotatable bonds is 13. The minimum absolute atomic E-state index is 0.0689. The van der Waals surface area contributed by atoms with Crippen LogP contribution in [0.25, 0.3) is 6.08 Å². The van der Waals surface area contributed by atoms with Gasteiger partial charge in [0.25, 0.3) is 11.5 Å². The van der Waals surface area contributed by atoms with E-state index in [9.17, 15) is 14.4 Å². The fraction of sp³-hybridized carbons (Fsp3) is 0.480. The van der Waals surface area contributed by atoms with Crippen molar-refractivity contribution in [1.29, 1.82) is 0 Å². The van der Waals surface area contributed by atoms with Gasteiger partial charge in [0.1, 0.15) is 5.82 Å². The third-order valence-corrected chi connectivity index (χ3v) is 5.18. The molecule has 0 atom stereocenters. The molecule has 0 radical (unpaired) electrons. The molecule has 1 amide bonds. The number of ether oxygens (including phenoxy) is 3. The van der Waals surface area contributed by atoms with Crippen LogP contribution in [0, 0.1) is 5.92 Å². The van der Waals surface area contributed by atoms with Crippen LogP contribution in [0.3, 0.4) is 0 Å². The maximum Gasteiger partial charge on any atom is 0.330 e. The normalized spacial score (nSPS) is 11.3. The van der Waals surface area contributed by atoms with Gasteiger partial charge in [-0.2, -0.15) is 0 Å². The molecule has 0 bridgehead atoms. The molecule has 0 spiro atoms. The van der Waals surface area contributed by atoms with E-state index in [2.05, 4.69) is 11.9 Å². The van der Waals surface area contributed by atoms with Crippen molar-refractivity contribution in [2.24, 2.45) is 5.92 Å². The van der Waals surface area contributed by atoms with Gasteiger partial charge in [-0.05, 0) is 36.1 Å². The Morgan fingerprint density at radius 3 is 2.57 bits per heavy atom. The second kappa shape index (κ2) is 13.4. The molecule has 3 N–H and O–H groups in total. The Morgan fingerprint density at radius 2 is 1.94 bits per heavy atom. The van der Waals surface area contributed by atoms with Crippen molar-refractivity contribution in [2.75, 3.05) is 44.6 Å². The van der Waals surface area contributed by atoms with Crippen LogP contribution in [0.2, 0.25) is 0 Å². The number of methoxy groups -OCH3 is 2. The van der Waals surface area contributed by atoms with Gasteiger partial charge in [0, 0.05) is 26.3 Å². The molecule has 0 saturated heterocycles. The van der Waals surface area contributed by atoms with E-state index in [4.69, 9.17) is 19.9 Å². The van der Waals surface area contributed by atoms with Crippen molar-refractivity contribution >= 4 is 23.5 Å². The van der Waals surface area contributed by atoms with Crippen LogP contribution >= 0.6 is 0 Å². The summed E-state index contributed by atoms with van der Waals surface area (Å²) in [5.41, 5.74) is 5.47. The first-order valence-corrected chi connectivity index (χ1v) is 11.6. The zero-order valence-corrected chi connectivity index (χ0v) is 21.1. The number of amides is 1. The molecule has 10 nitrogen and oxygen atoms in total. The lowest BCUT2D eigenvalue weighted by atomic mass is 10.1. The van der Waals surface area contributed by atoms with Crippen LogP contribution < -0.4 is 31.4 Å². The Bertz CT molecular complexity index is 1140. The highest BCUT2D eigenvalue weighted by Crippen LogP contribution is 2.29. The first-order valence-electron chi connectivity index (χ1n) is 11.6. The van der Waals surface area contributed by atoms with Gasteiger partial charge in [-0.1, -0.05) is 33.3 Å². The minimum atomic E-state index is -0.736. The zero-order chi connectivity index (χ0) is 26.0. The number of hydrogen-bond donors (Lipinski definition) is 2. The Labute approximate surface area is 205 Å². The van der Waals surface area contributed by atoms with Gasteiger partial charge >= 0.3 is 5.69 Å². The number of unbranched alkanes of at least 4 members (excludes halogenated alkanes) is 1. The summed E-state index contributed by atoms with van der Waals surface area (Å²) in [4.78, 5) is 41.6. The van der Waals surface area contributed by atoms with E-state index in [0.29, 0.717) is 30.2 Å². The number of H-pyrrole nitrogens is 1. The van der Waals surface area contributed by atoms with Crippen LogP contribution in [0.1, 0.15) is 39.2 Å². The van der Waals surface area contributed by atoms with Gasteiger partial charge in [-0.3, -0.25) is 24.0 Å². The van der Waals surface area contributed by atoms with E-state index >= 15 is 0 Å². The number of nitrogen functional groups attached to an aromatic ring is 1. The molecule has 2 rings (SSSR count). The summed E-state index contributed by atoms with van der Waals surface area (Å²) in [6.45, 7) is 7.04. The van der Waals surface area contributed by atoms with E-state index in [1.165, 1.54) is 22.7 Å². The highest BCUT2D eigenvalue weighted by Gasteiger charge is 2.23. The lowest BCUT2D eigenvalue weighted by Gasteiger charge is -2.23. The Kier molecular flexibility index (Phi) is 10.6. The molecule has 10 heteroatoms. The summed E-state index contributed by atoms with van der Waals surface area (Å²) in [7, 11) is 3.04. The number of carbonyl (C=O) groups is 1. The Morgan fingerprint density at radius 1 is 1.20 bits per heavy atom. The number of nitrogens with zero attached hydrogens (tertiary/aromatic N) is 2. The maximum absolute atomic E-state index is 13.2. The summed E-state index contributed by atoms with van der Waals surface area (Å²) >= 11 is 0. The third kappa shape index (κ3) is 7.48. The molecule has 1 aromatic heterocycles. The smallest absolute Gasteiger partial charge is 0.330 e. The number of nitrogens with two attached hydrogens (primary N) is 1. The summed E-state index contributed by atoms with van der Waals surface area (Å²) < 4.78 is 17.5. The highest BCUT2D eigenvalue weighted by atomic mass is 16.5. The predicted octanol–water partition coefficient (Wildman–Crippen LogP) is 2.66. The van der Waals surface area contributed by atoms with Crippen molar-refractivity contribution in [3.05, 3.63) is 50.7 Å². The van der Waals surface area contributed by atoms with Crippen LogP contribution in [-0.4, -0.2) is 49.4 Å². The molecular formula is C25H36N4O6. The summed E-state index contributed by atoms with van der Waals surface area (Å²) in [5, 5.41) is 0. The van der Waals surface area contributed by atoms with Crippen LogP contribution in [0.5, 0.6) is 11.5 Å². The zero-order valence-electron chi connectivity index (χ0n) is 21.1.